The van der Waals surface area contributed by atoms with Crippen LogP contribution in [-0.4, -0.2) is 44.4 Å². The molecule has 2 aliphatic heterocycles. The molecule has 0 amide bonds. The lowest BCUT2D eigenvalue weighted by Gasteiger charge is -2.29. The quantitative estimate of drug-likeness (QED) is 0.439. The van der Waals surface area contributed by atoms with Gasteiger partial charge in [0.25, 0.3) is 5.85 Å². The minimum absolute atomic E-state index is 0.0823. The summed E-state index contributed by atoms with van der Waals surface area (Å²) in [7, 11) is -4.25. The molecule has 0 saturated carbocycles. The van der Waals surface area contributed by atoms with Crippen molar-refractivity contribution < 1.29 is 37.5 Å². The van der Waals surface area contributed by atoms with Gasteiger partial charge in [-0.25, -0.2) is 13.8 Å². The third-order valence-electron chi connectivity index (χ3n) is 5.29. The molecular weight excluding hydrogens is 466 g/mol. The largest absolute Gasteiger partial charge is 0.530 e. The molecular formula is C19H22FN2O8PS. The Bertz CT molecular complexity index is 1230. The molecule has 1 unspecified atom stereocenters. The van der Waals surface area contributed by atoms with Gasteiger partial charge in [-0.2, -0.15) is 0 Å². The van der Waals surface area contributed by atoms with Crippen molar-refractivity contribution in [2.75, 3.05) is 6.61 Å². The number of aliphatic hydroxyl groups excluding tert-OH is 2. The molecule has 1 aromatic carbocycles. The summed E-state index contributed by atoms with van der Waals surface area (Å²) in [4.78, 5) is 14.6. The molecule has 1 aromatic heterocycles. The van der Waals surface area contributed by atoms with E-state index in [4.69, 9.17) is 30.5 Å². The van der Waals surface area contributed by atoms with Gasteiger partial charge >= 0.3 is 13.5 Å². The number of aromatic nitrogens is 2. The number of fused-ring (bicyclic) bond motifs is 1. The highest BCUT2D eigenvalue weighted by molar-refractivity contribution is 7.71. The molecule has 3 N–H and O–H groups in total. The minimum atomic E-state index is -4.25. The minimum Gasteiger partial charge on any atom is -0.403 e. The predicted octanol–water partition coefficient (Wildman–Crippen LogP) is 2.48. The maximum absolute atomic E-state index is 15.4. The zero-order valence-electron chi connectivity index (χ0n) is 17.4. The summed E-state index contributed by atoms with van der Waals surface area (Å²) in [5.41, 5.74) is 2.02. The van der Waals surface area contributed by atoms with Gasteiger partial charge in [0, 0.05) is 17.3 Å². The first kappa shape index (κ1) is 23.2. The lowest BCUT2D eigenvalue weighted by Crippen LogP contribution is -2.43. The Balaban J connectivity index is 1.53. The number of H-pyrrole nitrogens is 1. The molecule has 2 aromatic rings. The van der Waals surface area contributed by atoms with E-state index in [1.54, 1.807) is 19.9 Å². The van der Waals surface area contributed by atoms with Gasteiger partial charge in [0.2, 0.25) is 0 Å². The Morgan fingerprint density at radius 3 is 2.78 bits per heavy atom. The molecule has 1 fully saturated rings. The second kappa shape index (κ2) is 8.14. The fourth-order valence-electron chi connectivity index (χ4n) is 3.66. The van der Waals surface area contributed by atoms with Crippen LogP contribution in [0.2, 0.25) is 0 Å². The topological polar surface area (TPSA) is 132 Å². The number of rotatable bonds is 4. The van der Waals surface area contributed by atoms with Gasteiger partial charge in [0.05, 0.1) is 6.61 Å². The molecule has 13 heteroatoms. The Hall–Kier alpha value is -1.92. The Kier molecular flexibility index (Phi) is 5.91. The van der Waals surface area contributed by atoms with Crippen molar-refractivity contribution in [1.29, 1.82) is 0 Å². The summed E-state index contributed by atoms with van der Waals surface area (Å²) in [5.74, 6) is -2.69. The van der Waals surface area contributed by atoms with E-state index in [2.05, 4.69) is 4.98 Å². The molecule has 2 aliphatic rings. The highest BCUT2D eigenvalue weighted by Crippen LogP contribution is 2.56. The molecule has 5 atom stereocenters. The number of benzene rings is 1. The zero-order valence-corrected chi connectivity index (χ0v) is 19.1. The molecule has 0 bridgehead atoms. The number of alkyl halides is 1. The van der Waals surface area contributed by atoms with Crippen molar-refractivity contribution in [2.24, 2.45) is 0 Å². The summed E-state index contributed by atoms with van der Waals surface area (Å²) in [6.45, 7) is 4.08. The Morgan fingerprint density at radius 1 is 1.34 bits per heavy atom. The zero-order chi connectivity index (χ0) is 23.4. The lowest BCUT2D eigenvalue weighted by molar-refractivity contribution is -0.205. The van der Waals surface area contributed by atoms with E-state index in [0.717, 1.165) is 10.1 Å². The number of aryl methyl sites for hydroxylation is 3. The van der Waals surface area contributed by atoms with E-state index in [1.807, 2.05) is 13.0 Å². The number of nitrogens with zero attached hydrogens (tertiary/aromatic N) is 1. The average molecular weight is 488 g/mol. The van der Waals surface area contributed by atoms with Crippen LogP contribution in [0.3, 0.4) is 0 Å². The summed E-state index contributed by atoms with van der Waals surface area (Å²) in [6.07, 6.45) is -4.26. The fraction of sp³-hybridized carbons (Fsp3) is 0.474. The van der Waals surface area contributed by atoms with Gasteiger partial charge in [0.15, 0.2) is 6.23 Å². The van der Waals surface area contributed by atoms with Crippen molar-refractivity contribution in [3.8, 4) is 5.75 Å². The summed E-state index contributed by atoms with van der Waals surface area (Å²) >= 11 is 4.97. The second-order valence-corrected chi connectivity index (χ2v) is 9.87. The summed E-state index contributed by atoms with van der Waals surface area (Å²) in [5, 5.41) is 20.6. The van der Waals surface area contributed by atoms with Gasteiger partial charge in [-0.1, -0.05) is 29.9 Å². The van der Waals surface area contributed by atoms with Gasteiger partial charge in [-0.15, -0.1) is 0 Å². The number of hydrogen-bond acceptors (Lipinski definition) is 9. The number of hydrogen-bond donors (Lipinski definition) is 3. The first-order valence-electron chi connectivity index (χ1n) is 9.66. The maximum Gasteiger partial charge on any atom is 0.530 e. The van der Waals surface area contributed by atoms with Crippen LogP contribution in [0.1, 0.15) is 28.5 Å². The van der Waals surface area contributed by atoms with Gasteiger partial charge < -0.3 is 19.5 Å². The highest BCUT2D eigenvalue weighted by atomic mass is 32.1. The smallest absolute Gasteiger partial charge is 0.403 e. The van der Waals surface area contributed by atoms with Crippen molar-refractivity contribution in [1.82, 2.24) is 9.55 Å². The molecule has 32 heavy (non-hydrogen) atoms. The van der Waals surface area contributed by atoms with Crippen LogP contribution in [0.4, 0.5) is 4.39 Å². The van der Waals surface area contributed by atoms with E-state index in [-0.39, 0.29) is 11.2 Å². The predicted molar refractivity (Wildman–Crippen MR) is 111 cm³/mol. The van der Waals surface area contributed by atoms with Crippen LogP contribution in [-0.2, 0) is 25.0 Å². The number of phosphoric ester groups is 1. The van der Waals surface area contributed by atoms with Crippen LogP contribution in [0, 0.1) is 25.4 Å². The van der Waals surface area contributed by atoms with Gasteiger partial charge in [-0.05, 0) is 26.3 Å². The summed E-state index contributed by atoms with van der Waals surface area (Å²) < 4.78 is 50.2. The van der Waals surface area contributed by atoms with E-state index >= 15 is 4.39 Å². The number of phosphoric acid groups is 1. The molecule has 1 saturated heterocycles. The Labute approximate surface area is 187 Å². The van der Waals surface area contributed by atoms with Crippen molar-refractivity contribution in [3.63, 3.8) is 0 Å². The number of ether oxygens (including phenoxy) is 1. The number of aliphatic hydroxyl groups is 2. The normalized spacial score (nSPS) is 31.9. The number of nitrogens with one attached hydrogen (secondary N) is 1. The van der Waals surface area contributed by atoms with Crippen molar-refractivity contribution in [3.05, 3.63) is 55.7 Å². The monoisotopic (exact) mass is 488 g/mol. The second-order valence-electron chi connectivity index (χ2n) is 7.86. The fourth-order valence-corrected chi connectivity index (χ4v) is 5.10. The van der Waals surface area contributed by atoms with E-state index in [1.165, 1.54) is 6.20 Å². The third kappa shape index (κ3) is 4.08. The number of aromatic amines is 1. The van der Waals surface area contributed by atoms with Crippen LogP contribution < -0.4 is 10.2 Å². The maximum atomic E-state index is 15.4. The highest BCUT2D eigenvalue weighted by Gasteiger charge is 2.57. The van der Waals surface area contributed by atoms with Crippen LogP contribution in [0.5, 0.6) is 5.75 Å². The van der Waals surface area contributed by atoms with E-state index in [9.17, 15) is 19.6 Å². The van der Waals surface area contributed by atoms with Crippen LogP contribution in [0.25, 0.3) is 0 Å². The first-order chi connectivity index (χ1) is 14.9. The SMILES string of the molecule is Cc1cc(C)c2c(c1)COP(=O)(OC[C@@]1(F)O[C@@H](n3cc(C)c(=S)[nH]c3=O)[C@H](O)[C@@H]1O)O2. The van der Waals surface area contributed by atoms with Crippen LogP contribution >= 0.6 is 20.0 Å². The number of halogens is 1. The lowest BCUT2D eigenvalue weighted by atomic mass is 10.1. The van der Waals surface area contributed by atoms with Crippen LogP contribution in [0.15, 0.2) is 23.1 Å². The molecule has 4 rings (SSSR count). The molecule has 0 spiro atoms. The Morgan fingerprint density at radius 2 is 2.06 bits per heavy atom. The van der Waals surface area contributed by atoms with Gasteiger partial charge in [-0.3, -0.25) is 18.6 Å². The van der Waals surface area contributed by atoms with Gasteiger partial charge in [0.1, 0.15) is 29.2 Å². The molecule has 3 heterocycles. The molecule has 10 nitrogen and oxygen atoms in total. The van der Waals surface area contributed by atoms with Crippen molar-refractivity contribution in [2.45, 2.75) is 51.7 Å². The third-order valence-corrected chi connectivity index (χ3v) is 7.01. The van der Waals surface area contributed by atoms with Crippen molar-refractivity contribution >= 4 is 20.0 Å². The molecule has 0 radical (unpaired) electrons. The molecule has 0 aliphatic carbocycles. The average Bonchev–Trinajstić information content (AvgIpc) is 2.95. The standard InChI is InChI=1S/C19H22FN2O8PS/c1-9-4-10(2)14-12(5-9)7-27-31(26,30-14)28-8-19(20)15(24)13(23)17(29-19)22-6-11(3)16(32)21-18(22)25/h4-6,13,15,17,23-24H,7-8H2,1-3H3,(H,21,25,32)/t13-,15+,17-,19-,31?/m1/s1. The first-order valence-corrected chi connectivity index (χ1v) is 11.5. The van der Waals surface area contributed by atoms with E-state index in [0.29, 0.717) is 22.4 Å². The summed E-state index contributed by atoms with van der Waals surface area (Å²) in [6, 6.07) is 3.62. The van der Waals surface area contributed by atoms with E-state index < -0.39 is 44.4 Å². The molecule has 174 valence electrons.